The Balaban J connectivity index is 0. The molecule has 0 radical (unpaired) electrons. The Hall–Kier alpha value is -0.810. The monoisotopic (exact) mass is 363 g/mol. The van der Waals surface area contributed by atoms with E-state index in [1.807, 2.05) is 13.1 Å². The molecule has 0 aliphatic heterocycles. The van der Waals surface area contributed by atoms with Gasteiger partial charge >= 0.3 is 0 Å². The SMILES string of the molecule is CNCCCC(=O)NCc1ccccc1CN(C)C(C)C.Cl.Cl. The number of hydrogen-bond acceptors (Lipinski definition) is 3. The Morgan fingerprint density at radius 1 is 1.17 bits per heavy atom. The van der Waals surface area contributed by atoms with Crippen LogP contribution in [0, 0.1) is 0 Å². The van der Waals surface area contributed by atoms with Gasteiger partial charge < -0.3 is 10.6 Å². The molecule has 0 bridgehead atoms. The molecule has 0 saturated heterocycles. The normalized spacial score (nSPS) is 10.2. The van der Waals surface area contributed by atoms with E-state index in [0.717, 1.165) is 19.5 Å². The highest BCUT2D eigenvalue weighted by Gasteiger charge is 2.09. The summed E-state index contributed by atoms with van der Waals surface area (Å²) in [6.07, 6.45) is 1.45. The molecule has 0 fully saturated rings. The molecule has 0 spiro atoms. The van der Waals surface area contributed by atoms with Gasteiger partial charge in [0.2, 0.25) is 5.91 Å². The summed E-state index contributed by atoms with van der Waals surface area (Å²) < 4.78 is 0. The van der Waals surface area contributed by atoms with Gasteiger partial charge in [-0.25, -0.2) is 0 Å². The van der Waals surface area contributed by atoms with Gasteiger partial charge in [0, 0.05) is 25.6 Å². The summed E-state index contributed by atoms with van der Waals surface area (Å²) in [5.41, 5.74) is 2.48. The van der Waals surface area contributed by atoms with E-state index >= 15 is 0 Å². The van der Waals surface area contributed by atoms with E-state index < -0.39 is 0 Å². The summed E-state index contributed by atoms with van der Waals surface area (Å²) in [7, 11) is 4.02. The van der Waals surface area contributed by atoms with E-state index in [1.165, 1.54) is 11.1 Å². The first-order valence-corrected chi connectivity index (χ1v) is 7.73. The fraction of sp³-hybridized carbons (Fsp3) is 0.588. The summed E-state index contributed by atoms with van der Waals surface area (Å²) >= 11 is 0. The summed E-state index contributed by atoms with van der Waals surface area (Å²) in [4.78, 5) is 14.1. The molecule has 23 heavy (non-hydrogen) atoms. The van der Waals surface area contributed by atoms with Gasteiger partial charge in [0.1, 0.15) is 0 Å². The number of carbonyl (C=O) groups is 1. The minimum absolute atomic E-state index is 0. The van der Waals surface area contributed by atoms with Gasteiger partial charge in [0.15, 0.2) is 0 Å². The number of halogens is 2. The molecule has 0 heterocycles. The average Bonchev–Trinajstić information content (AvgIpc) is 2.46. The number of nitrogens with zero attached hydrogens (tertiary/aromatic N) is 1. The smallest absolute Gasteiger partial charge is 0.220 e. The summed E-state index contributed by atoms with van der Waals surface area (Å²) in [5.74, 6) is 0.122. The number of hydrogen-bond donors (Lipinski definition) is 2. The Bertz CT molecular complexity index is 442. The zero-order chi connectivity index (χ0) is 15.7. The topological polar surface area (TPSA) is 44.4 Å². The summed E-state index contributed by atoms with van der Waals surface area (Å²) in [5, 5.41) is 6.07. The van der Waals surface area contributed by atoms with E-state index in [1.54, 1.807) is 0 Å². The predicted octanol–water partition coefficient (Wildman–Crippen LogP) is 2.99. The van der Waals surface area contributed by atoms with Crippen LogP contribution >= 0.6 is 24.8 Å². The Morgan fingerprint density at radius 3 is 2.35 bits per heavy atom. The van der Waals surface area contributed by atoms with Crippen LogP contribution in [0.25, 0.3) is 0 Å². The zero-order valence-corrected chi connectivity index (χ0v) is 16.2. The highest BCUT2D eigenvalue weighted by atomic mass is 35.5. The number of amides is 1. The molecular weight excluding hydrogens is 333 g/mol. The standard InChI is InChI=1S/C17H29N3O.2ClH/c1-14(2)20(4)13-16-9-6-5-8-15(16)12-19-17(21)10-7-11-18-3;;/h5-6,8-9,14,18H,7,10-13H2,1-4H3,(H,19,21);2*1H. The van der Waals surface area contributed by atoms with Gasteiger partial charge in [-0.3, -0.25) is 9.69 Å². The fourth-order valence-electron chi connectivity index (χ4n) is 2.04. The minimum atomic E-state index is 0. The molecule has 0 unspecified atom stereocenters. The molecule has 1 amide bonds. The number of carbonyl (C=O) groups excluding carboxylic acids is 1. The second kappa shape index (κ2) is 13.6. The third-order valence-corrected chi connectivity index (χ3v) is 3.73. The molecule has 1 aromatic carbocycles. The largest absolute Gasteiger partial charge is 0.352 e. The van der Waals surface area contributed by atoms with Crippen molar-refractivity contribution in [1.29, 1.82) is 0 Å². The predicted molar refractivity (Wildman–Crippen MR) is 103 cm³/mol. The van der Waals surface area contributed by atoms with Crippen molar-refractivity contribution in [1.82, 2.24) is 15.5 Å². The Kier molecular flexibility index (Phi) is 14.5. The molecule has 0 aromatic heterocycles. The maximum atomic E-state index is 11.8. The second-order valence-corrected chi connectivity index (χ2v) is 5.76. The van der Waals surface area contributed by atoms with Crippen LogP contribution in [0.5, 0.6) is 0 Å². The molecule has 134 valence electrons. The van der Waals surface area contributed by atoms with Gasteiger partial charge in [-0.15, -0.1) is 24.8 Å². The van der Waals surface area contributed by atoms with Crippen LogP contribution in [0.3, 0.4) is 0 Å². The number of rotatable bonds is 9. The first-order chi connectivity index (χ1) is 10.0. The lowest BCUT2D eigenvalue weighted by molar-refractivity contribution is -0.121. The van der Waals surface area contributed by atoms with Gasteiger partial charge in [0.25, 0.3) is 0 Å². The van der Waals surface area contributed by atoms with Gasteiger partial charge in [0.05, 0.1) is 0 Å². The molecule has 1 rings (SSSR count). The van der Waals surface area contributed by atoms with Crippen molar-refractivity contribution in [2.24, 2.45) is 0 Å². The van der Waals surface area contributed by atoms with Gasteiger partial charge in [-0.2, -0.15) is 0 Å². The molecule has 0 aliphatic rings. The summed E-state index contributed by atoms with van der Waals surface area (Å²) in [6.45, 7) is 6.77. The van der Waals surface area contributed by atoms with Crippen molar-refractivity contribution in [3.05, 3.63) is 35.4 Å². The van der Waals surface area contributed by atoms with E-state index in [2.05, 4.69) is 54.6 Å². The van der Waals surface area contributed by atoms with E-state index in [0.29, 0.717) is 19.0 Å². The van der Waals surface area contributed by atoms with Crippen LogP contribution in [-0.4, -0.2) is 37.5 Å². The first-order valence-electron chi connectivity index (χ1n) is 7.73. The molecule has 2 N–H and O–H groups in total. The second-order valence-electron chi connectivity index (χ2n) is 5.76. The Morgan fingerprint density at radius 2 is 1.78 bits per heavy atom. The molecule has 6 heteroatoms. The van der Waals surface area contributed by atoms with Crippen molar-refractivity contribution in [2.45, 2.75) is 45.8 Å². The molecule has 1 aromatic rings. The average molecular weight is 364 g/mol. The zero-order valence-electron chi connectivity index (χ0n) is 14.6. The molecule has 4 nitrogen and oxygen atoms in total. The maximum absolute atomic E-state index is 11.8. The van der Waals surface area contributed by atoms with Crippen molar-refractivity contribution >= 4 is 30.7 Å². The van der Waals surface area contributed by atoms with Gasteiger partial charge in [-0.05, 0) is 52.0 Å². The third kappa shape index (κ3) is 9.82. The van der Waals surface area contributed by atoms with Crippen LogP contribution in [0.15, 0.2) is 24.3 Å². The third-order valence-electron chi connectivity index (χ3n) is 3.73. The molecule has 0 saturated carbocycles. The quantitative estimate of drug-likeness (QED) is 0.662. The van der Waals surface area contributed by atoms with E-state index in [9.17, 15) is 4.79 Å². The van der Waals surface area contributed by atoms with Crippen LogP contribution < -0.4 is 10.6 Å². The van der Waals surface area contributed by atoms with E-state index in [-0.39, 0.29) is 30.7 Å². The summed E-state index contributed by atoms with van der Waals surface area (Å²) in [6, 6.07) is 8.83. The highest BCUT2D eigenvalue weighted by Crippen LogP contribution is 2.12. The molecule has 0 atom stereocenters. The van der Waals surface area contributed by atoms with Crippen LogP contribution in [-0.2, 0) is 17.9 Å². The van der Waals surface area contributed by atoms with Gasteiger partial charge in [-0.1, -0.05) is 24.3 Å². The fourth-order valence-corrected chi connectivity index (χ4v) is 2.04. The van der Waals surface area contributed by atoms with Crippen molar-refractivity contribution in [2.75, 3.05) is 20.6 Å². The number of nitrogens with one attached hydrogen (secondary N) is 2. The lowest BCUT2D eigenvalue weighted by Crippen LogP contribution is -2.28. The van der Waals surface area contributed by atoms with E-state index in [4.69, 9.17) is 0 Å². The highest BCUT2D eigenvalue weighted by molar-refractivity contribution is 5.85. The number of benzene rings is 1. The van der Waals surface area contributed by atoms with Crippen molar-refractivity contribution in [3.63, 3.8) is 0 Å². The lowest BCUT2D eigenvalue weighted by Gasteiger charge is -2.22. The molecular formula is C17H31Cl2N3O. The van der Waals surface area contributed by atoms with Crippen molar-refractivity contribution in [3.8, 4) is 0 Å². The maximum Gasteiger partial charge on any atom is 0.220 e. The van der Waals surface area contributed by atoms with Crippen LogP contribution in [0.1, 0.15) is 37.8 Å². The minimum Gasteiger partial charge on any atom is -0.352 e. The Labute approximate surface area is 153 Å². The van der Waals surface area contributed by atoms with Crippen LogP contribution in [0.2, 0.25) is 0 Å². The molecule has 0 aliphatic carbocycles. The van der Waals surface area contributed by atoms with Crippen molar-refractivity contribution < 1.29 is 4.79 Å². The first kappa shape index (κ1) is 24.4. The van der Waals surface area contributed by atoms with Crippen LogP contribution in [0.4, 0.5) is 0 Å². The lowest BCUT2D eigenvalue weighted by atomic mass is 10.1.